The highest BCUT2D eigenvalue weighted by Crippen LogP contribution is 2.07. The monoisotopic (exact) mass is 263 g/mol. The molecule has 0 amide bonds. The highest BCUT2D eigenvalue weighted by Gasteiger charge is 2.04. The molecule has 0 saturated heterocycles. The first kappa shape index (κ1) is 15.7. The van der Waals surface area contributed by atoms with Gasteiger partial charge in [-0.15, -0.1) is 0 Å². The van der Waals surface area contributed by atoms with Gasteiger partial charge in [0.1, 0.15) is 0 Å². The van der Waals surface area contributed by atoms with E-state index in [9.17, 15) is 0 Å². The Balaban J connectivity index is 2.67. The van der Waals surface area contributed by atoms with E-state index in [1.807, 2.05) is 29.2 Å². The van der Waals surface area contributed by atoms with Crippen LogP contribution in [0.4, 0.5) is 0 Å². The Bertz CT molecular complexity index is 417. The number of hydrogen-bond acceptors (Lipinski definition) is 4. The minimum Gasteiger partial charge on any atom is -0.395 e. The molecule has 0 bridgehead atoms. The first-order valence-electron chi connectivity index (χ1n) is 6.43. The van der Waals surface area contributed by atoms with Crippen LogP contribution in [0.25, 0.3) is 0 Å². The lowest BCUT2D eigenvalue weighted by Crippen LogP contribution is -2.29. The van der Waals surface area contributed by atoms with Crippen molar-refractivity contribution in [2.45, 2.75) is 13.0 Å². The SMILES string of the molecule is OCCC#Cc1cccc(CN(CCO)CCO)c1. The summed E-state index contributed by atoms with van der Waals surface area (Å²) in [6, 6.07) is 7.86. The zero-order valence-electron chi connectivity index (χ0n) is 11.0. The van der Waals surface area contributed by atoms with Gasteiger partial charge in [-0.25, -0.2) is 0 Å². The molecule has 4 nitrogen and oxygen atoms in total. The molecule has 0 aliphatic heterocycles. The summed E-state index contributed by atoms with van der Waals surface area (Å²) in [7, 11) is 0. The van der Waals surface area contributed by atoms with E-state index in [1.54, 1.807) is 0 Å². The summed E-state index contributed by atoms with van der Waals surface area (Å²) in [5.41, 5.74) is 2.01. The predicted octanol–water partition coefficient (Wildman–Crippen LogP) is 0.207. The van der Waals surface area contributed by atoms with Crippen molar-refractivity contribution in [3.63, 3.8) is 0 Å². The average molecular weight is 263 g/mol. The van der Waals surface area contributed by atoms with Crippen LogP contribution in [-0.4, -0.2) is 53.1 Å². The molecule has 1 aromatic carbocycles. The van der Waals surface area contributed by atoms with Gasteiger partial charge >= 0.3 is 0 Å². The zero-order chi connectivity index (χ0) is 13.9. The number of aliphatic hydroxyl groups is 3. The lowest BCUT2D eigenvalue weighted by molar-refractivity contribution is 0.156. The third-order valence-electron chi connectivity index (χ3n) is 2.64. The fourth-order valence-electron chi connectivity index (χ4n) is 1.78. The van der Waals surface area contributed by atoms with Crippen LogP contribution in [0.15, 0.2) is 24.3 Å². The largest absolute Gasteiger partial charge is 0.395 e. The lowest BCUT2D eigenvalue weighted by atomic mass is 10.1. The minimum atomic E-state index is 0.0769. The predicted molar refractivity (Wildman–Crippen MR) is 74.5 cm³/mol. The molecule has 1 rings (SSSR count). The van der Waals surface area contributed by atoms with Gasteiger partial charge in [0.15, 0.2) is 0 Å². The minimum absolute atomic E-state index is 0.0769. The van der Waals surface area contributed by atoms with E-state index in [0.717, 1.165) is 11.1 Å². The summed E-state index contributed by atoms with van der Waals surface area (Å²) < 4.78 is 0. The summed E-state index contributed by atoms with van der Waals surface area (Å²) in [4.78, 5) is 1.99. The van der Waals surface area contributed by atoms with Gasteiger partial charge in [-0.1, -0.05) is 24.0 Å². The van der Waals surface area contributed by atoms with Crippen LogP contribution in [0.1, 0.15) is 17.5 Å². The van der Waals surface area contributed by atoms with Crippen LogP contribution >= 0.6 is 0 Å². The molecule has 0 saturated carbocycles. The third kappa shape index (κ3) is 6.37. The average Bonchev–Trinajstić information content (AvgIpc) is 2.40. The molecule has 0 atom stereocenters. The summed E-state index contributed by atoms with van der Waals surface area (Å²) in [6.45, 7) is 2.00. The first-order valence-corrected chi connectivity index (χ1v) is 6.43. The van der Waals surface area contributed by atoms with Crippen molar-refractivity contribution in [3.05, 3.63) is 35.4 Å². The van der Waals surface area contributed by atoms with E-state index in [-0.39, 0.29) is 19.8 Å². The summed E-state index contributed by atoms with van der Waals surface area (Å²) in [5, 5.41) is 26.6. The van der Waals surface area contributed by atoms with Gasteiger partial charge in [0.25, 0.3) is 0 Å². The Kier molecular flexibility index (Phi) is 7.87. The fourth-order valence-corrected chi connectivity index (χ4v) is 1.78. The Morgan fingerprint density at radius 1 is 1.00 bits per heavy atom. The molecule has 0 aliphatic rings. The number of rotatable bonds is 7. The van der Waals surface area contributed by atoms with Crippen molar-refractivity contribution in [1.82, 2.24) is 4.90 Å². The van der Waals surface area contributed by atoms with Crippen molar-refractivity contribution >= 4 is 0 Å². The smallest absolute Gasteiger partial charge is 0.0558 e. The standard InChI is InChI=1S/C15H21NO3/c17-9-2-1-4-14-5-3-6-15(12-14)13-16(7-10-18)8-11-19/h3,5-6,12,17-19H,2,7-11,13H2. The molecule has 0 radical (unpaired) electrons. The maximum absolute atomic E-state index is 8.97. The zero-order valence-corrected chi connectivity index (χ0v) is 11.0. The maximum atomic E-state index is 8.97. The highest BCUT2D eigenvalue weighted by molar-refractivity contribution is 5.37. The van der Waals surface area contributed by atoms with Crippen LogP contribution in [0.2, 0.25) is 0 Å². The molecule has 3 N–H and O–H groups in total. The van der Waals surface area contributed by atoms with Crippen molar-refractivity contribution < 1.29 is 15.3 Å². The molecule has 0 aliphatic carbocycles. The molecule has 4 heteroatoms. The maximum Gasteiger partial charge on any atom is 0.0558 e. The normalized spacial score (nSPS) is 10.3. The molecular formula is C15H21NO3. The van der Waals surface area contributed by atoms with Gasteiger partial charge in [-0.2, -0.15) is 0 Å². The number of benzene rings is 1. The van der Waals surface area contributed by atoms with E-state index in [0.29, 0.717) is 26.1 Å². The van der Waals surface area contributed by atoms with E-state index in [2.05, 4.69) is 11.8 Å². The summed E-state index contributed by atoms with van der Waals surface area (Å²) in [5.74, 6) is 5.88. The van der Waals surface area contributed by atoms with Gasteiger partial charge in [0.05, 0.1) is 19.8 Å². The van der Waals surface area contributed by atoms with Crippen LogP contribution in [0.3, 0.4) is 0 Å². The molecule has 0 heterocycles. The van der Waals surface area contributed by atoms with Crippen LogP contribution in [-0.2, 0) is 6.54 Å². The molecule has 104 valence electrons. The Hall–Kier alpha value is -1.38. The number of aliphatic hydroxyl groups excluding tert-OH is 3. The fraction of sp³-hybridized carbons (Fsp3) is 0.467. The molecule has 0 spiro atoms. The molecule has 0 fully saturated rings. The number of hydrogen-bond donors (Lipinski definition) is 3. The van der Waals surface area contributed by atoms with E-state index in [1.165, 1.54) is 0 Å². The van der Waals surface area contributed by atoms with Crippen molar-refractivity contribution in [2.24, 2.45) is 0 Å². The van der Waals surface area contributed by atoms with Crippen LogP contribution in [0, 0.1) is 11.8 Å². The summed E-state index contributed by atoms with van der Waals surface area (Å²) >= 11 is 0. The van der Waals surface area contributed by atoms with E-state index < -0.39 is 0 Å². The van der Waals surface area contributed by atoms with Gasteiger partial charge in [0.2, 0.25) is 0 Å². The number of nitrogens with zero attached hydrogens (tertiary/aromatic N) is 1. The van der Waals surface area contributed by atoms with Crippen LogP contribution in [0.5, 0.6) is 0 Å². The van der Waals surface area contributed by atoms with Crippen LogP contribution < -0.4 is 0 Å². The molecule has 0 unspecified atom stereocenters. The molecule has 1 aromatic rings. The van der Waals surface area contributed by atoms with Gasteiger partial charge < -0.3 is 15.3 Å². The highest BCUT2D eigenvalue weighted by atomic mass is 16.3. The second-order valence-corrected chi connectivity index (χ2v) is 4.20. The third-order valence-corrected chi connectivity index (χ3v) is 2.64. The Labute approximate surface area is 114 Å². The van der Waals surface area contributed by atoms with Gasteiger partial charge in [-0.3, -0.25) is 4.90 Å². The summed E-state index contributed by atoms with van der Waals surface area (Å²) in [6.07, 6.45) is 0.478. The Morgan fingerprint density at radius 3 is 2.37 bits per heavy atom. The van der Waals surface area contributed by atoms with E-state index in [4.69, 9.17) is 15.3 Å². The second kappa shape index (κ2) is 9.54. The lowest BCUT2D eigenvalue weighted by Gasteiger charge is -2.20. The van der Waals surface area contributed by atoms with Crippen molar-refractivity contribution in [3.8, 4) is 11.8 Å². The Morgan fingerprint density at radius 2 is 1.74 bits per heavy atom. The molecule has 19 heavy (non-hydrogen) atoms. The van der Waals surface area contributed by atoms with Crippen molar-refractivity contribution in [2.75, 3.05) is 32.9 Å². The van der Waals surface area contributed by atoms with E-state index >= 15 is 0 Å². The first-order chi connectivity index (χ1) is 9.30. The van der Waals surface area contributed by atoms with Crippen molar-refractivity contribution in [1.29, 1.82) is 0 Å². The second-order valence-electron chi connectivity index (χ2n) is 4.20. The quantitative estimate of drug-likeness (QED) is 0.615. The molecular weight excluding hydrogens is 242 g/mol. The molecule has 0 aromatic heterocycles. The van der Waals surface area contributed by atoms with Gasteiger partial charge in [-0.05, 0) is 17.7 Å². The topological polar surface area (TPSA) is 63.9 Å². The van der Waals surface area contributed by atoms with Gasteiger partial charge in [0, 0.05) is 31.6 Å².